The highest BCUT2D eigenvalue weighted by Crippen LogP contribution is 2.14. The molecular weight excluding hydrogens is 154 g/mol. The molecule has 4 heteroatoms. The molecule has 0 spiro atoms. The fraction of sp³-hybridized carbons (Fsp3) is 0.750. The number of hydrogen-bond acceptors (Lipinski definition) is 4. The monoisotopic (exact) mass is 169 g/mol. The molecule has 0 aliphatic rings. The van der Waals surface area contributed by atoms with Crippen LogP contribution in [0.25, 0.3) is 0 Å². The fourth-order valence-corrected chi connectivity index (χ4v) is 0.751. The molecule has 0 radical (unpaired) electrons. The van der Waals surface area contributed by atoms with Gasteiger partial charge in [0, 0.05) is 19.5 Å². The maximum atomic E-state index is 5.04. The van der Waals surface area contributed by atoms with Gasteiger partial charge in [-0.3, -0.25) is 0 Å². The van der Waals surface area contributed by atoms with Gasteiger partial charge >= 0.3 is 6.01 Å². The van der Waals surface area contributed by atoms with Crippen molar-refractivity contribution in [3.63, 3.8) is 0 Å². The Bertz CT molecular complexity index is 244. The van der Waals surface area contributed by atoms with Gasteiger partial charge in [0.1, 0.15) is 0 Å². The van der Waals surface area contributed by atoms with Crippen LogP contribution in [0.2, 0.25) is 0 Å². The first kappa shape index (κ1) is 9.03. The molecule has 0 saturated carbocycles. The molecule has 0 aromatic carbocycles. The van der Waals surface area contributed by atoms with Crippen molar-refractivity contribution in [2.24, 2.45) is 0 Å². The van der Waals surface area contributed by atoms with E-state index >= 15 is 0 Å². The molecule has 0 fully saturated rings. The molecule has 0 saturated heterocycles. The molecule has 0 amide bonds. The first-order valence-corrected chi connectivity index (χ1v) is 4.20. The molecule has 1 heterocycles. The summed E-state index contributed by atoms with van der Waals surface area (Å²) in [6.07, 6.45) is 0. The maximum Gasteiger partial charge on any atom is 0.323 e. The molecule has 68 valence electrons. The lowest BCUT2D eigenvalue weighted by molar-refractivity contribution is 0.409. The van der Waals surface area contributed by atoms with Crippen molar-refractivity contribution in [3.05, 3.63) is 5.82 Å². The number of rotatable bonds is 3. The van der Waals surface area contributed by atoms with E-state index in [0.717, 1.165) is 12.4 Å². The topological polar surface area (TPSA) is 42.2 Å². The van der Waals surface area contributed by atoms with Crippen molar-refractivity contribution in [1.29, 1.82) is 0 Å². The number of hydrogen-bond donors (Lipinski definition) is 0. The van der Waals surface area contributed by atoms with Crippen LogP contribution in [0.3, 0.4) is 0 Å². The van der Waals surface area contributed by atoms with E-state index in [9.17, 15) is 0 Å². The molecule has 1 aromatic rings. The molecular formula is C8H15N3O. The zero-order valence-electron chi connectivity index (χ0n) is 8.03. The molecule has 0 aliphatic carbocycles. The third-order valence-corrected chi connectivity index (χ3v) is 1.75. The van der Waals surface area contributed by atoms with E-state index in [1.165, 1.54) is 0 Å². The van der Waals surface area contributed by atoms with Crippen LogP contribution in [0.15, 0.2) is 4.52 Å². The van der Waals surface area contributed by atoms with E-state index in [4.69, 9.17) is 4.52 Å². The van der Waals surface area contributed by atoms with Crippen molar-refractivity contribution in [1.82, 2.24) is 10.1 Å². The van der Waals surface area contributed by atoms with E-state index in [0.29, 0.717) is 11.9 Å². The lowest BCUT2D eigenvalue weighted by Crippen LogP contribution is -2.15. The Morgan fingerprint density at radius 2 is 2.17 bits per heavy atom. The Hall–Kier alpha value is -1.06. The summed E-state index contributed by atoms with van der Waals surface area (Å²) in [5.41, 5.74) is 0. The lowest BCUT2D eigenvalue weighted by Gasteiger charge is -2.08. The highest BCUT2D eigenvalue weighted by Gasteiger charge is 2.11. The Morgan fingerprint density at radius 1 is 1.50 bits per heavy atom. The van der Waals surface area contributed by atoms with Crippen LogP contribution < -0.4 is 4.90 Å². The molecule has 0 unspecified atom stereocenters. The van der Waals surface area contributed by atoms with E-state index < -0.39 is 0 Å². The lowest BCUT2D eigenvalue weighted by atomic mass is 10.2. The molecule has 4 nitrogen and oxygen atoms in total. The molecule has 12 heavy (non-hydrogen) atoms. The SMILES string of the molecule is CCN(C)c1nc(C(C)C)no1. The minimum absolute atomic E-state index is 0.327. The molecule has 0 atom stereocenters. The summed E-state index contributed by atoms with van der Waals surface area (Å²) in [6.45, 7) is 7.00. The van der Waals surface area contributed by atoms with E-state index in [1.807, 2.05) is 32.7 Å². The third-order valence-electron chi connectivity index (χ3n) is 1.75. The van der Waals surface area contributed by atoms with Crippen molar-refractivity contribution in [3.8, 4) is 0 Å². The zero-order valence-corrected chi connectivity index (χ0v) is 8.03. The average Bonchev–Trinajstić information content (AvgIpc) is 2.51. The maximum absolute atomic E-state index is 5.04. The zero-order chi connectivity index (χ0) is 9.14. The average molecular weight is 169 g/mol. The normalized spacial score (nSPS) is 10.8. The van der Waals surface area contributed by atoms with Crippen molar-refractivity contribution in [2.75, 3.05) is 18.5 Å². The largest absolute Gasteiger partial charge is 0.328 e. The summed E-state index contributed by atoms with van der Waals surface area (Å²) >= 11 is 0. The summed E-state index contributed by atoms with van der Waals surface area (Å²) in [5.74, 6) is 1.10. The number of anilines is 1. The van der Waals surface area contributed by atoms with Gasteiger partial charge in [0.15, 0.2) is 5.82 Å². The molecule has 0 aliphatic heterocycles. The van der Waals surface area contributed by atoms with Gasteiger partial charge in [0.25, 0.3) is 0 Å². The predicted molar refractivity (Wildman–Crippen MR) is 47.3 cm³/mol. The highest BCUT2D eigenvalue weighted by atomic mass is 16.5. The Morgan fingerprint density at radius 3 is 2.58 bits per heavy atom. The second-order valence-electron chi connectivity index (χ2n) is 3.10. The quantitative estimate of drug-likeness (QED) is 0.690. The summed E-state index contributed by atoms with van der Waals surface area (Å²) in [7, 11) is 1.93. The Labute approximate surface area is 72.6 Å². The molecule has 0 N–H and O–H groups in total. The molecule has 0 bridgehead atoms. The van der Waals surface area contributed by atoms with Gasteiger partial charge in [-0.05, 0) is 6.92 Å². The van der Waals surface area contributed by atoms with E-state index in [2.05, 4.69) is 10.1 Å². The van der Waals surface area contributed by atoms with E-state index in [-0.39, 0.29) is 0 Å². The van der Waals surface area contributed by atoms with Gasteiger partial charge in [-0.1, -0.05) is 19.0 Å². The smallest absolute Gasteiger partial charge is 0.323 e. The summed E-state index contributed by atoms with van der Waals surface area (Å²) < 4.78 is 5.04. The standard InChI is InChI=1S/C8H15N3O/c1-5-11(4)8-9-7(6(2)3)10-12-8/h6H,5H2,1-4H3. The van der Waals surface area contributed by atoms with Gasteiger partial charge in [-0.25, -0.2) is 0 Å². The second kappa shape index (κ2) is 3.56. The van der Waals surface area contributed by atoms with Gasteiger partial charge in [0.05, 0.1) is 0 Å². The molecule has 1 aromatic heterocycles. The number of nitrogens with zero attached hydrogens (tertiary/aromatic N) is 3. The summed E-state index contributed by atoms with van der Waals surface area (Å²) in [4.78, 5) is 6.14. The third kappa shape index (κ3) is 1.75. The van der Waals surface area contributed by atoms with Crippen LogP contribution in [-0.2, 0) is 0 Å². The van der Waals surface area contributed by atoms with Crippen LogP contribution in [0.4, 0.5) is 6.01 Å². The van der Waals surface area contributed by atoms with Gasteiger partial charge in [-0.2, -0.15) is 4.98 Å². The minimum Gasteiger partial charge on any atom is -0.328 e. The van der Waals surface area contributed by atoms with Gasteiger partial charge < -0.3 is 9.42 Å². The van der Waals surface area contributed by atoms with Crippen LogP contribution in [0, 0.1) is 0 Å². The second-order valence-corrected chi connectivity index (χ2v) is 3.10. The Kier molecular flexibility index (Phi) is 2.68. The van der Waals surface area contributed by atoms with Crippen LogP contribution in [-0.4, -0.2) is 23.7 Å². The molecule has 1 rings (SSSR count). The van der Waals surface area contributed by atoms with Crippen molar-refractivity contribution < 1.29 is 4.52 Å². The van der Waals surface area contributed by atoms with Crippen LogP contribution in [0.1, 0.15) is 32.5 Å². The predicted octanol–water partition coefficient (Wildman–Crippen LogP) is 1.65. The first-order chi connectivity index (χ1) is 5.65. The van der Waals surface area contributed by atoms with Crippen molar-refractivity contribution >= 4 is 6.01 Å². The Balaban J connectivity index is 2.77. The first-order valence-electron chi connectivity index (χ1n) is 4.20. The highest BCUT2D eigenvalue weighted by molar-refractivity contribution is 5.22. The summed E-state index contributed by atoms with van der Waals surface area (Å²) in [6, 6.07) is 0.598. The van der Waals surface area contributed by atoms with E-state index in [1.54, 1.807) is 0 Å². The van der Waals surface area contributed by atoms with Gasteiger partial charge in [-0.15, -0.1) is 0 Å². The van der Waals surface area contributed by atoms with Crippen molar-refractivity contribution in [2.45, 2.75) is 26.7 Å². The fourth-order valence-electron chi connectivity index (χ4n) is 0.751. The van der Waals surface area contributed by atoms with Crippen LogP contribution in [0.5, 0.6) is 0 Å². The van der Waals surface area contributed by atoms with Crippen LogP contribution >= 0.6 is 0 Å². The number of aromatic nitrogens is 2. The van der Waals surface area contributed by atoms with Gasteiger partial charge in [0.2, 0.25) is 0 Å². The summed E-state index contributed by atoms with van der Waals surface area (Å²) in [5, 5.41) is 3.86. The minimum atomic E-state index is 0.327.